The molecule has 3 rings (SSSR count). The van der Waals surface area contributed by atoms with Crippen LogP contribution in [-0.2, 0) is 0 Å². The van der Waals surface area contributed by atoms with E-state index in [1.54, 1.807) is 18.2 Å². The van der Waals surface area contributed by atoms with Crippen molar-refractivity contribution in [2.75, 3.05) is 0 Å². The lowest BCUT2D eigenvalue weighted by atomic mass is 9.92. The Labute approximate surface area is 145 Å². The van der Waals surface area contributed by atoms with Crippen LogP contribution in [0.25, 0.3) is 11.0 Å². The molecule has 0 spiro atoms. The summed E-state index contributed by atoms with van der Waals surface area (Å²) in [4.78, 5) is 24.6. The normalized spacial score (nSPS) is 20.6. The zero-order chi connectivity index (χ0) is 18.0. The standard InChI is InChI=1S/C19H23NO5/c1-11(2)24-13-8-7-12-9-14(19(23)25-17(12)10-13)18(22)20-15-5-3-4-6-16(15)21/h7-11,15-16,21H,3-6H2,1-2H3,(H,20,22)/t15-,16-/m1/s1. The second-order valence-electron chi connectivity index (χ2n) is 6.75. The first-order chi connectivity index (χ1) is 11.9. The van der Waals surface area contributed by atoms with Crippen LogP contribution in [0.2, 0.25) is 0 Å². The van der Waals surface area contributed by atoms with Crippen molar-refractivity contribution < 1.29 is 19.1 Å². The summed E-state index contributed by atoms with van der Waals surface area (Å²) in [5.41, 5.74) is -0.378. The van der Waals surface area contributed by atoms with Crippen LogP contribution in [0.1, 0.15) is 49.9 Å². The van der Waals surface area contributed by atoms with Gasteiger partial charge < -0.3 is 19.6 Å². The summed E-state index contributed by atoms with van der Waals surface area (Å²) in [6, 6.07) is 6.36. The monoisotopic (exact) mass is 345 g/mol. The minimum Gasteiger partial charge on any atom is -0.491 e. The Morgan fingerprint density at radius 1 is 1.28 bits per heavy atom. The Bertz CT molecular complexity index is 826. The number of fused-ring (bicyclic) bond motifs is 1. The Morgan fingerprint density at radius 2 is 2.04 bits per heavy atom. The Hall–Kier alpha value is -2.34. The lowest BCUT2D eigenvalue weighted by Gasteiger charge is -2.28. The quantitative estimate of drug-likeness (QED) is 0.832. The Balaban J connectivity index is 1.85. The molecule has 1 aromatic carbocycles. The summed E-state index contributed by atoms with van der Waals surface area (Å²) in [7, 11) is 0. The Kier molecular flexibility index (Phi) is 5.08. The molecule has 1 amide bonds. The molecular weight excluding hydrogens is 322 g/mol. The van der Waals surface area contributed by atoms with Crippen molar-refractivity contribution >= 4 is 16.9 Å². The lowest BCUT2D eigenvalue weighted by molar-refractivity contribution is 0.0715. The highest BCUT2D eigenvalue weighted by Crippen LogP contribution is 2.22. The van der Waals surface area contributed by atoms with E-state index in [4.69, 9.17) is 9.15 Å². The summed E-state index contributed by atoms with van der Waals surface area (Å²) in [6.07, 6.45) is 2.72. The third kappa shape index (κ3) is 4.02. The van der Waals surface area contributed by atoms with Gasteiger partial charge in [-0.1, -0.05) is 12.8 Å². The molecule has 25 heavy (non-hydrogen) atoms. The zero-order valence-corrected chi connectivity index (χ0v) is 14.5. The van der Waals surface area contributed by atoms with Gasteiger partial charge in [-0.15, -0.1) is 0 Å². The maximum absolute atomic E-state index is 12.4. The van der Waals surface area contributed by atoms with Crippen molar-refractivity contribution in [3.63, 3.8) is 0 Å². The van der Waals surface area contributed by atoms with Gasteiger partial charge >= 0.3 is 5.63 Å². The first-order valence-corrected chi connectivity index (χ1v) is 8.67. The van der Waals surface area contributed by atoms with Gasteiger partial charge in [-0.2, -0.15) is 0 Å². The molecule has 6 heteroatoms. The second-order valence-corrected chi connectivity index (χ2v) is 6.75. The largest absolute Gasteiger partial charge is 0.491 e. The predicted molar refractivity (Wildman–Crippen MR) is 94.0 cm³/mol. The molecule has 1 saturated carbocycles. The van der Waals surface area contributed by atoms with Gasteiger partial charge in [0, 0.05) is 11.5 Å². The molecule has 0 saturated heterocycles. The fourth-order valence-corrected chi connectivity index (χ4v) is 3.12. The van der Waals surface area contributed by atoms with Crippen LogP contribution in [0, 0.1) is 0 Å². The maximum Gasteiger partial charge on any atom is 0.349 e. The number of hydrogen-bond acceptors (Lipinski definition) is 5. The topological polar surface area (TPSA) is 88.8 Å². The second kappa shape index (κ2) is 7.27. The molecule has 1 aliphatic carbocycles. The molecule has 2 atom stereocenters. The van der Waals surface area contributed by atoms with E-state index < -0.39 is 17.6 Å². The molecule has 2 aromatic rings. The number of aliphatic hydroxyl groups excluding tert-OH is 1. The van der Waals surface area contributed by atoms with Gasteiger partial charge in [-0.05, 0) is 44.9 Å². The highest BCUT2D eigenvalue weighted by Gasteiger charge is 2.26. The minimum atomic E-state index is -0.697. The van der Waals surface area contributed by atoms with E-state index in [9.17, 15) is 14.7 Å². The third-order valence-corrected chi connectivity index (χ3v) is 4.37. The number of nitrogens with one attached hydrogen (secondary N) is 1. The van der Waals surface area contributed by atoms with Gasteiger partial charge in [0.1, 0.15) is 16.9 Å². The molecule has 2 N–H and O–H groups in total. The fraction of sp³-hybridized carbons (Fsp3) is 0.474. The number of amides is 1. The molecule has 1 fully saturated rings. The smallest absolute Gasteiger partial charge is 0.349 e. The molecule has 0 radical (unpaired) electrons. The fourth-order valence-electron chi connectivity index (χ4n) is 3.12. The van der Waals surface area contributed by atoms with E-state index >= 15 is 0 Å². The van der Waals surface area contributed by atoms with Crippen LogP contribution in [0.3, 0.4) is 0 Å². The number of ether oxygens (including phenoxy) is 1. The molecule has 134 valence electrons. The molecule has 1 aromatic heterocycles. The third-order valence-electron chi connectivity index (χ3n) is 4.37. The zero-order valence-electron chi connectivity index (χ0n) is 14.5. The first kappa shape index (κ1) is 17.5. The SMILES string of the molecule is CC(C)Oc1ccc2cc(C(=O)N[C@@H]3CCCC[C@H]3O)c(=O)oc2c1. The number of benzene rings is 1. The number of rotatable bonds is 4. The minimum absolute atomic E-state index is 0.0103. The van der Waals surface area contributed by atoms with Gasteiger partial charge in [0.2, 0.25) is 0 Å². The molecule has 1 aliphatic rings. The highest BCUT2D eigenvalue weighted by molar-refractivity contribution is 5.96. The van der Waals surface area contributed by atoms with Crippen molar-refractivity contribution in [3.05, 3.63) is 40.2 Å². The van der Waals surface area contributed by atoms with Gasteiger partial charge in [0.25, 0.3) is 5.91 Å². The number of carbonyl (C=O) groups is 1. The molecule has 0 unspecified atom stereocenters. The van der Waals surface area contributed by atoms with E-state index in [0.29, 0.717) is 29.6 Å². The van der Waals surface area contributed by atoms with Crippen molar-refractivity contribution in [3.8, 4) is 5.75 Å². The van der Waals surface area contributed by atoms with Gasteiger partial charge in [-0.3, -0.25) is 4.79 Å². The Morgan fingerprint density at radius 3 is 2.76 bits per heavy atom. The summed E-state index contributed by atoms with van der Waals surface area (Å²) >= 11 is 0. The average Bonchev–Trinajstić information content (AvgIpc) is 2.55. The first-order valence-electron chi connectivity index (χ1n) is 8.67. The number of carbonyl (C=O) groups excluding carboxylic acids is 1. The van der Waals surface area contributed by atoms with Crippen LogP contribution in [-0.4, -0.2) is 29.3 Å². The van der Waals surface area contributed by atoms with E-state index in [1.807, 2.05) is 13.8 Å². The van der Waals surface area contributed by atoms with Crippen molar-refractivity contribution in [1.29, 1.82) is 0 Å². The van der Waals surface area contributed by atoms with Crippen LogP contribution >= 0.6 is 0 Å². The molecular formula is C19H23NO5. The molecule has 6 nitrogen and oxygen atoms in total. The van der Waals surface area contributed by atoms with E-state index in [1.165, 1.54) is 6.07 Å². The van der Waals surface area contributed by atoms with Crippen molar-refractivity contribution in [2.24, 2.45) is 0 Å². The number of aliphatic hydroxyl groups is 1. The van der Waals surface area contributed by atoms with Crippen LogP contribution in [0.4, 0.5) is 0 Å². The van der Waals surface area contributed by atoms with Gasteiger partial charge in [0.15, 0.2) is 0 Å². The van der Waals surface area contributed by atoms with Gasteiger partial charge in [-0.25, -0.2) is 4.79 Å². The van der Waals surface area contributed by atoms with Crippen molar-refractivity contribution in [2.45, 2.75) is 57.8 Å². The average molecular weight is 345 g/mol. The lowest BCUT2D eigenvalue weighted by Crippen LogP contribution is -2.46. The van der Waals surface area contributed by atoms with E-state index in [0.717, 1.165) is 12.8 Å². The van der Waals surface area contributed by atoms with E-state index in [2.05, 4.69) is 5.32 Å². The van der Waals surface area contributed by atoms with Crippen LogP contribution in [0.5, 0.6) is 5.75 Å². The highest BCUT2D eigenvalue weighted by atomic mass is 16.5. The summed E-state index contributed by atoms with van der Waals surface area (Å²) in [5.74, 6) is 0.0947. The van der Waals surface area contributed by atoms with Crippen molar-refractivity contribution in [1.82, 2.24) is 5.32 Å². The van der Waals surface area contributed by atoms with Crippen LogP contribution in [0.15, 0.2) is 33.5 Å². The van der Waals surface area contributed by atoms with Crippen LogP contribution < -0.4 is 15.7 Å². The summed E-state index contributed by atoms with van der Waals surface area (Å²) in [5, 5.41) is 13.4. The summed E-state index contributed by atoms with van der Waals surface area (Å²) < 4.78 is 10.9. The predicted octanol–water partition coefficient (Wildman–Crippen LogP) is 2.61. The number of hydrogen-bond donors (Lipinski definition) is 2. The summed E-state index contributed by atoms with van der Waals surface area (Å²) in [6.45, 7) is 3.82. The maximum atomic E-state index is 12.4. The molecule has 0 aliphatic heterocycles. The molecule has 1 heterocycles. The molecule has 0 bridgehead atoms. The van der Waals surface area contributed by atoms with E-state index in [-0.39, 0.29) is 17.7 Å². The van der Waals surface area contributed by atoms with Gasteiger partial charge in [0.05, 0.1) is 18.2 Å².